The van der Waals surface area contributed by atoms with Crippen LogP contribution in [-0.2, 0) is 13.0 Å². The van der Waals surface area contributed by atoms with Gasteiger partial charge in [0.25, 0.3) is 0 Å². The number of nitrogens with one attached hydrogen (secondary N) is 1. The van der Waals surface area contributed by atoms with E-state index < -0.39 is 0 Å². The van der Waals surface area contributed by atoms with Gasteiger partial charge >= 0.3 is 0 Å². The zero-order valence-corrected chi connectivity index (χ0v) is 10.7. The molecule has 94 valence electrons. The number of rotatable bonds is 5. The summed E-state index contributed by atoms with van der Waals surface area (Å²) in [6.45, 7) is 4.91. The standard InChI is InChI=1S/C14H21NO2/c1-3-4-7-17-14-9-12-10-15-6-5-11(12)8-13(14)16-2/h8-9,15H,3-7,10H2,1-2H3. The molecular weight excluding hydrogens is 214 g/mol. The number of methoxy groups -OCH3 is 1. The maximum atomic E-state index is 5.78. The van der Waals surface area contributed by atoms with Gasteiger partial charge in [-0.2, -0.15) is 0 Å². The lowest BCUT2D eigenvalue weighted by Gasteiger charge is -2.20. The van der Waals surface area contributed by atoms with Crippen molar-refractivity contribution in [2.24, 2.45) is 0 Å². The molecule has 1 N–H and O–H groups in total. The van der Waals surface area contributed by atoms with Crippen molar-refractivity contribution in [3.05, 3.63) is 23.3 Å². The van der Waals surface area contributed by atoms with Gasteiger partial charge in [0.1, 0.15) is 0 Å². The van der Waals surface area contributed by atoms with E-state index in [1.807, 2.05) is 0 Å². The van der Waals surface area contributed by atoms with Gasteiger partial charge in [-0.15, -0.1) is 0 Å². The number of hydrogen-bond acceptors (Lipinski definition) is 3. The summed E-state index contributed by atoms with van der Waals surface area (Å²) < 4.78 is 11.2. The van der Waals surface area contributed by atoms with Gasteiger partial charge in [0.2, 0.25) is 0 Å². The Hall–Kier alpha value is -1.22. The van der Waals surface area contributed by atoms with E-state index in [0.29, 0.717) is 0 Å². The highest BCUT2D eigenvalue weighted by atomic mass is 16.5. The fourth-order valence-electron chi connectivity index (χ4n) is 2.09. The first-order valence-corrected chi connectivity index (χ1v) is 6.38. The van der Waals surface area contributed by atoms with Crippen molar-refractivity contribution >= 4 is 0 Å². The van der Waals surface area contributed by atoms with Crippen LogP contribution in [-0.4, -0.2) is 20.3 Å². The smallest absolute Gasteiger partial charge is 0.161 e. The maximum Gasteiger partial charge on any atom is 0.161 e. The highest BCUT2D eigenvalue weighted by Gasteiger charge is 2.14. The monoisotopic (exact) mass is 235 g/mol. The second kappa shape index (κ2) is 5.92. The van der Waals surface area contributed by atoms with Crippen LogP contribution in [0.4, 0.5) is 0 Å². The summed E-state index contributed by atoms with van der Waals surface area (Å²) in [6, 6.07) is 4.24. The van der Waals surface area contributed by atoms with Crippen molar-refractivity contribution in [3.63, 3.8) is 0 Å². The molecule has 0 aliphatic carbocycles. The molecular formula is C14H21NO2. The van der Waals surface area contributed by atoms with Gasteiger partial charge in [-0.1, -0.05) is 13.3 Å². The Morgan fingerprint density at radius 1 is 1.24 bits per heavy atom. The van der Waals surface area contributed by atoms with E-state index in [9.17, 15) is 0 Å². The molecule has 3 nitrogen and oxygen atoms in total. The van der Waals surface area contributed by atoms with E-state index >= 15 is 0 Å². The Bertz CT molecular complexity index is 377. The van der Waals surface area contributed by atoms with Gasteiger partial charge in [0, 0.05) is 6.54 Å². The summed E-state index contributed by atoms with van der Waals surface area (Å²) in [7, 11) is 1.70. The third kappa shape index (κ3) is 2.91. The van der Waals surface area contributed by atoms with Gasteiger partial charge in [-0.05, 0) is 42.6 Å². The highest BCUT2D eigenvalue weighted by Crippen LogP contribution is 2.32. The lowest BCUT2D eigenvalue weighted by molar-refractivity contribution is 0.287. The molecule has 17 heavy (non-hydrogen) atoms. The van der Waals surface area contributed by atoms with E-state index in [1.54, 1.807) is 7.11 Å². The van der Waals surface area contributed by atoms with Gasteiger partial charge in [0.05, 0.1) is 13.7 Å². The van der Waals surface area contributed by atoms with Crippen molar-refractivity contribution in [2.45, 2.75) is 32.7 Å². The zero-order chi connectivity index (χ0) is 12.1. The minimum Gasteiger partial charge on any atom is -0.493 e. The molecule has 1 aromatic rings. The molecule has 0 bridgehead atoms. The molecule has 2 rings (SSSR count). The van der Waals surface area contributed by atoms with Crippen molar-refractivity contribution < 1.29 is 9.47 Å². The van der Waals surface area contributed by atoms with E-state index in [-0.39, 0.29) is 0 Å². The molecule has 3 heteroatoms. The molecule has 1 aliphatic heterocycles. The van der Waals surface area contributed by atoms with E-state index in [4.69, 9.17) is 9.47 Å². The molecule has 0 amide bonds. The Labute approximate surface area is 103 Å². The summed E-state index contributed by atoms with van der Waals surface area (Å²) in [4.78, 5) is 0. The fourth-order valence-corrected chi connectivity index (χ4v) is 2.09. The molecule has 0 radical (unpaired) electrons. The lowest BCUT2D eigenvalue weighted by atomic mass is 10.0. The lowest BCUT2D eigenvalue weighted by Crippen LogP contribution is -2.23. The van der Waals surface area contributed by atoms with E-state index in [1.165, 1.54) is 11.1 Å². The van der Waals surface area contributed by atoms with Crippen molar-refractivity contribution in [3.8, 4) is 11.5 Å². The summed E-state index contributed by atoms with van der Waals surface area (Å²) >= 11 is 0. The van der Waals surface area contributed by atoms with E-state index in [0.717, 1.165) is 50.5 Å². The molecule has 1 heterocycles. The third-order valence-electron chi connectivity index (χ3n) is 3.13. The first-order valence-electron chi connectivity index (χ1n) is 6.38. The minimum absolute atomic E-state index is 0.763. The Morgan fingerprint density at radius 3 is 2.82 bits per heavy atom. The predicted octanol–water partition coefficient (Wildman–Crippen LogP) is 2.52. The second-order valence-electron chi connectivity index (χ2n) is 4.40. The average Bonchev–Trinajstić information content (AvgIpc) is 2.38. The topological polar surface area (TPSA) is 30.5 Å². The average molecular weight is 235 g/mol. The molecule has 1 aliphatic rings. The first-order chi connectivity index (χ1) is 8.35. The summed E-state index contributed by atoms with van der Waals surface area (Å²) in [5.74, 6) is 1.74. The zero-order valence-electron chi connectivity index (χ0n) is 10.7. The summed E-state index contributed by atoms with van der Waals surface area (Å²) in [5, 5.41) is 3.38. The number of unbranched alkanes of at least 4 members (excludes halogenated alkanes) is 1. The van der Waals surface area contributed by atoms with Crippen LogP contribution in [0.5, 0.6) is 11.5 Å². The molecule has 0 saturated heterocycles. The Kier molecular flexibility index (Phi) is 4.26. The quantitative estimate of drug-likeness (QED) is 0.795. The molecule has 0 unspecified atom stereocenters. The summed E-state index contributed by atoms with van der Waals surface area (Å²) in [5.41, 5.74) is 2.71. The van der Waals surface area contributed by atoms with Crippen LogP contribution in [0.15, 0.2) is 12.1 Å². The van der Waals surface area contributed by atoms with Crippen LogP contribution in [0, 0.1) is 0 Å². The largest absolute Gasteiger partial charge is 0.493 e. The number of ether oxygens (including phenoxy) is 2. The summed E-state index contributed by atoms with van der Waals surface area (Å²) in [6.07, 6.45) is 3.30. The SMILES string of the molecule is CCCCOc1cc2c(cc1OC)CCNC2. The normalized spacial score (nSPS) is 14.2. The van der Waals surface area contributed by atoms with Gasteiger partial charge in [0.15, 0.2) is 11.5 Å². The van der Waals surface area contributed by atoms with Crippen LogP contribution in [0.2, 0.25) is 0 Å². The van der Waals surface area contributed by atoms with Gasteiger partial charge in [-0.3, -0.25) is 0 Å². The second-order valence-corrected chi connectivity index (χ2v) is 4.40. The Morgan fingerprint density at radius 2 is 2.06 bits per heavy atom. The van der Waals surface area contributed by atoms with Crippen LogP contribution < -0.4 is 14.8 Å². The van der Waals surface area contributed by atoms with Gasteiger partial charge < -0.3 is 14.8 Å². The molecule has 0 spiro atoms. The maximum absolute atomic E-state index is 5.78. The van der Waals surface area contributed by atoms with Crippen molar-refractivity contribution in [1.82, 2.24) is 5.32 Å². The van der Waals surface area contributed by atoms with Crippen LogP contribution in [0.1, 0.15) is 30.9 Å². The minimum atomic E-state index is 0.763. The van der Waals surface area contributed by atoms with Crippen LogP contribution in [0.25, 0.3) is 0 Å². The fraction of sp³-hybridized carbons (Fsp3) is 0.571. The first kappa shape index (κ1) is 12.2. The number of fused-ring (bicyclic) bond motifs is 1. The number of hydrogen-bond donors (Lipinski definition) is 1. The number of benzene rings is 1. The van der Waals surface area contributed by atoms with Crippen molar-refractivity contribution in [1.29, 1.82) is 0 Å². The van der Waals surface area contributed by atoms with Crippen LogP contribution in [0.3, 0.4) is 0 Å². The molecule has 0 aromatic heterocycles. The molecule has 0 atom stereocenters. The van der Waals surface area contributed by atoms with E-state index in [2.05, 4.69) is 24.4 Å². The van der Waals surface area contributed by atoms with Crippen LogP contribution >= 0.6 is 0 Å². The highest BCUT2D eigenvalue weighted by molar-refractivity contribution is 5.48. The Balaban J connectivity index is 2.17. The van der Waals surface area contributed by atoms with Crippen molar-refractivity contribution in [2.75, 3.05) is 20.3 Å². The predicted molar refractivity (Wildman–Crippen MR) is 68.8 cm³/mol. The van der Waals surface area contributed by atoms with Gasteiger partial charge in [-0.25, -0.2) is 0 Å². The molecule has 1 aromatic carbocycles. The third-order valence-corrected chi connectivity index (χ3v) is 3.13. The molecule has 0 fully saturated rings. The molecule has 0 saturated carbocycles.